The number of amides is 1. The van der Waals surface area contributed by atoms with Gasteiger partial charge in [0, 0.05) is 16.5 Å². The number of esters is 1. The van der Waals surface area contributed by atoms with E-state index in [1.54, 1.807) is 13.1 Å². The first-order valence-electron chi connectivity index (χ1n) is 8.28. The van der Waals surface area contributed by atoms with E-state index in [9.17, 15) is 9.59 Å². The Hall–Kier alpha value is -1.38. The van der Waals surface area contributed by atoms with Crippen LogP contribution in [0.5, 0.6) is 0 Å². The number of nitrogens with zero attached hydrogens (tertiary/aromatic N) is 1. The van der Waals surface area contributed by atoms with Gasteiger partial charge in [0.15, 0.2) is 4.34 Å². The number of aryl methyl sites for hydroxylation is 1. The molecule has 5 nitrogen and oxygen atoms in total. The topological polar surface area (TPSA) is 68.3 Å². The normalized spacial score (nSPS) is 14.6. The van der Waals surface area contributed by atoms with Gasteiger partial charge in [-0.05, 0) is 45.1 Å². The van der Waals surface area contributed by atoms with Crippen molar-refractivity contribution in [3.63, 3.8) is 0 Å². The van der Waals surface area contributed by atoms with Crippen molar-refractivity contribution in [2.45, 2.75) is 49.1 Å². The van der Waals surface area contributed by atoms with E-state index in [1.807, 2.05) is 12.3 Å². The zero-order valence-electron chi connectivity index (χ0n) is 14.2. The molecule has 1 aliphatic rings. The zero-order valence-corrected chi connectivity index (χ0v) is 16.6. The average Bonchev–Trinajstić information content (AvgIpc) is 3.21. The van der Waals surface area contributed by atoms with Gasteiger partial charge in [-0.1, -0.05) is 11.8 Å². The van der Waals surface area contributed by atoms with Crippen LogP contribution >= 0.6 is 34.4 Å². The number of thiophene rings is 1. The summed E-state index contributed by atoms with van der Waals surface area (Å²) in [4.78, 5) is 30.4. The Kier molecular flexibility index (Phi) is 6.14. The van der Waals surface area contributed by atoms with E-state index in [1.165, 1.54) is 39.3 Å². The lowest BCUT2D eigenvalue weighted by Gasteiger charge is -2.13. The first-order chi connectivity index (χ1) is 12.1. The molecule has 2 aromatic rings. The number of rotatable bonds is 6. The van der Waals surface area contributed by atoms with Crippen molar-refractivity contribution in [1.82, 2.24) is 4.98 Å². The summed E-state index contributed by atoms with van der Waals surface area (Å²) in [6.07, 6.45) is 5.76. The number of nitrogens with one attached hydrogen (secondary N) is 1. The molecule has 2 aromatic heterocycles. The predicted octanol–water partition coefficient (Wildman–Crippen LogP) is 4.38. The fourth-order valence-electron chi connectivity index (χ4n) is 2.76. The van der Waals surface area contributed by atoms with Gasteiger partial charge < -0.3 is 10.1 Å². The molecule has 0 bridgehead atoms. The van der Waals surface area contributed by atoms with Crippen LogP contribution in [0.1, 0.15) is 47.5 Å². The molecule has 1 aliphatic carbocycles. The number of hydrogen-bond acceptors (Lipinski definition) is 7. The molecule has 8 heteroatoms. The second-order valence-corrected chi connectivity index (χ2v) is 9.27. The van der Waals surface area contributed by atoms with Gasteiger partial charge in [-0.3, -0.25) is 4.79 Å². The maximum Gasteiger partial charge on any atom is 0.341 e. The van der Waals surface area contributed by atoms with Gasteiger partial charge in [0.05, 0.1) is 17.4 Å². The van der Waals surface area contributed by atoms with Crippen LogP contribution in [0.4, 0.5) is 5.00 Å². The third-order valence-electron chi connectivity index (χ3n) is 3.94. The third-order valence-corrected chi connectivity index (χ3v) is 7.17. The minimum atomic E-state index is -0.336. The Morgan fingerprint density at radius 2 is 2.20 bits per heavy atom. The van der Waals surface area contributed by atoms with Gasteiger partial charge in [0.2, 0.25) is 5.91 Å². The highest BCUT2D eigenvalue weighted by atomic mass is 32.2. The summed E-state index contributed by atoms with van der Waals surface area (Å²) in [6, 6.07) is 0. The SMILES string of the molecule is CCOC(=O)c1c(NC(=O)C(C)Sc2nccs2)sc2c1CCCC2. The van der Waals surface area contributed by atoms with Crippen molar-refractivity contribution in [2.75, 3.05) is 11.9 Å². The number of ether oxygens (including phenoxy) is 1. The van der Waals surface area contributed by atoms with E-state index in [0.29, 0.717) is 17.2 Å². The monoisotopic (exact) mass is 396 g/mol. The van der Waals surface area contributed by atoms with E-state index in [-0.39, 0.29) is 17.1 Å². The fourth-order valence-corrected chi connectivity index (χ4v) is 5.81. The number of carbonyl (C=O) groups excluding carboxylic acids is 2. The summed E-state index contributed by atoms with van der Waals surface area (Å²) in [5, 5.41) is 5.18. The molecule has 0 fully saturated rings. The van der Waals surface area contributed by atoms with Gasteiger partial charge in [-0.15, -0.1) is 22.7 Å². The molecule has 1 amide bonds. The molecule has 2 heterocycles. The maximum atomic E-state index is 12.6. The predicted molar refractivity (Wildman–Crippen MR) is 103 cm³/mol. The Labute approximate surface area is 159 Å². The van der Waals surface area contributed by atoms with Crippen molar-refractivity contribution in [3.05, 3.63) is 27.6 Å². The van der Waals surface area contributed by atoms with E-state index < -0.39 is 0 Å². The third kappa shape index (κ3) is 4.24. The second-order valence-electron chi connectivity index (χ2n) is 5.68. The van der Waals surface area contributed by atoms with Crippen LogP contribution in [-0.4, -0.2) is 28.7 Å². The Morgan fingerprint density at radius 1 is 1.40 bits per heavy atom. The largest absolute Gasteiger partial charge is 0.462 e. The first-order valence-corrected chi connectivity index (χ1v) is 10.9. The summed E-state index contributed by atoms with van der Waals surface area (Å²) < 4.78 is 6.08. The number of carbonyl (C=O) groups is 2. The van der Waals surface area contributed by atoms with Crippen molar-refractivity contribution >= 4 is 51.3 Å². The molecule has 0 aliphatic heterocycles. The van der Waals surface area contributed by atoms with Gasteiger partial charge in [-0.25, -0.2) is 9.78 Å². The van der Waals surface area contributed by atoms with Crippen molar-refractivity contribution in [3.8, 4) is 0 Å². The zero-order chi connectivity index (χ0) is 17.8. The molecule has 25 heavy (non-hydrogen) atoms. The molecular formula is C17H20N2O3S3. The van der Waals surface area contributed by atoms with Crippen LogP contribution in [0.3, 0.4) is 0 Å². The van der Waals surface area contributed by atoms with Gasteiger partial charge >= 0.3 is 5.97 Å². The van der Waals surface area contributed by atoms with Crippen LogP contribution in [0, 0.1) is 0 Å². The average molecular weight is 397 g/mol. The summed E-state index contributed by atoms with van der Waals surface area (Å²) in [6.45, 7) is 3.97. The lowest BCUT2D eigenvalue weighted by molar-refractivity contribution is -0.115. The number of hydrogen-bond donors (Lipinski definition) is 1. The van der Waals surface area contributed by atoms with Crippen LogP contribution in [0.15, 0.2) is 15.9 Å². The first kappa shape index (κ1) is 18.4. The number of thioether (sulfide) groups is 1. The second kappa shape index (κ2) is 8.33. The summed E-state index contributed by atoms with van der Waals surface area (Å²) >= 11 is 4.45. The lowest BCUT2D eigenvalue weighted by atomic mass is 9.95. The molecule has 134 valence electrons. The lowest BCUT2D eigenvalue weighted by Crippen LogP contribution is -2.23. The number of fused-ring (bicyclic) bond motifs is 1. The summed E-state index contributed by atoms with van der Waals surface area (Å²) in [7, 11) is 0. The minimum Gasteiger partial charge on any atom is -0.462 e. The Bertz CT molecular complexity index is 756. The molecule has 0 spiro atoms. The molecule has 0 aromatic carbocycles. The number of anilines is 1. The molecule has 1 unspecified atom stereocenters. The number of thiazole rings is 1. The summed E-state index contributed by atoms with van der Waals surface area (Å²) in [5.74, 6) is -0.457. The van der Waals surface area contributed by atoms with E-state index in [0.717, 1.165) is 35.6 Å². The number of aromatic nitrogens is 1. The van der Waals surface area contributed by atoms with Gasteiger partial charge in [0.25, 0.3) is 0 Å². The van der Waals surface area contributed by atoms with Crippen LogP contribution in [0.2, 0.25) is 0 Å². The van der Waals surface area contributed by atoms with Crippen molar-refractivity contribution < 1.29 is 14.3 Å². The highest BCUT2D eigenvalue weighted by molar-refractivity contribution is 8.02. The highest BCUT2D eigenvalue weighted by Gasteiger charge is 2.28. The highest BCUT2D eigenvalue weighted by Crippen LogP contribution is 2.39. The van der Waals surface area contributed by atoms with Crippen LogP contribution < -0.4 is 5.32 Å². The van der Waals surface area contributed by atoms with E-state index in [4.69, 9.17) is 4.74 Å². The molecule has 0 saturated carbocycles. The van der Waals surface area contributed by atoms with Crippen molar-refractivity contribution in [2.24, 2.45) is 0 Å². The fraction of sp³-hybridized carbons (Fsp3) is 0.471. The van der Waals surface area contributed by atoms with Crippen LogP contribution in [0.25, 0.3) is 0 Å². The maximum absolute atomic E-state index is 12.6. The molecular weight excluding hydrogens is 376 g/mol. The smallest absolute Gasteiger partial charge is 0.341 e. The molecule has 1 atom stereocenters. The Morgan fingerprint density at radius 3 is 2.92 bits per heavy atom. The van der Waals surface area contributed by atoms with E-state index in [2.05, 4.69) is 10.3 Å². The molecule has 3 rings (SSSR count). The van der Waals surface area contributed by atoms with E-state index >= 15 is 0 Å². The molecule has 1 N–H and O–H groups in total. The summed E-state index contributed by atoms with van der Waals surface area (Å²) in [5.41, 5.74) is 1.62. The van der Waals surface area contributed by atoms with Crippen molar-refractivity contribution in [1.29, 1.82) is 0 Å². The van der Waals surface area contributed by atoms with Gasteiger partial charge in [-0.2, -0.15) is 0 Å². The minimum absolute atomic E-state index is 0.121. The van der Waals surface area contributed by atoms with Crippen LogP contribution in [-0.2, 0) is 22.4 Å². The van der Waals surface area contributed by atoms with Gasteiger partial charge in [0.1, 0.15) is 5.00 Å². The molecule has 0 radical (unpaired) electrons. The Balaban J connectivity index is 1.80. The standard InChI is InChI=1S/C17H20N2O3S3/c1-3-22-16(21)13-11-6-4-5-7-12(11)25-15(13)19-14(20)10(2)24-17-18-8-9-23-17/h8-10H,3-7H2,1-2H3,(H,19,20). The molecule has 0 saturated heterocycles. The quantitative estimate of drug-likeness (QED) is 0.580.